The number of likely N-dealkylation sites (tertiary alicyclic amines) is 1. The molecule has 1 aromatic carbocycles. The van der Waals surface area contributed by atoms with Crippen LogP contribution in [0.5, 0.6) is 0 Å². The van der Waals surface area contributed by atoms with Crippen LogP contribution in [0.2, 0.25) is 0 Å². The van der Waals surface area contributed by atoms with Gasteiger partial charge in [-0.15, -0.1) is 0 Å². The lowest BCUT2D eigenvalue weighted by molar-refractivity contribution is -0.192. The number of carboxylic acids is 1. The molecule has 35 heavy (non-hydrogen) atoms. The van der Waals surface area contributed by atoms with Gasteiger partial charge >= 0.3 is 12.1 Å². The predicted molar refractivity (Wildman–Crippen MR) is 127 cm³/mol. The van der Waals surface area contributed by atoms with E-state index in [9.17, 15) is 18.0 Å². The average molecular weight is 490 g/mol. The number of allylic oxidation sites excluding steroid dienone is 2. The van der Waals surface area contributed by atoms with E-state index in [1.165, 1.54) is 29.5 Å². The molecule has 1 aliphatic heterocycles. The SMILES string of the molecule is Nc1ccc(C2CCN(C(=O)Cc3cccnc3)CC2)cc1C1=CCCCC1.O=C(O)C(F)(F)F. The summed E-state index contributed by atoms with van der Waals surface area (Å²) in [6.07, 6.45) is 8.11. The third-order valence-corrected chi connectivity index (χ3v) is 6.35. The third kappa shape index (κ3) is 7.56. The summed E-state index contributed by atoms with van der Waals surface area (Å²) in [6, 6.07) is 10.4. The van der Waals surface area contributed by atoms with Crippen LogP contribution < -0.4 is 5.73 Å². The van der Waals surface area contributed by atoms with E-state index in [1.54, 1.807) is 12.4 Å². The number of carbonyl (C=O) groups is 2. The van der Waals surface area contributed by atoms with Gasteiger partial charge in [0.25, 0.3) is 0 Å². The van der Waals surface area contributed by atoms with Crippen LogP contribution in [0.3, 0.4) is 0 Å². The van der Waals surface area contributed by atoms with Gasteiger partial charge < -0.3 is 15.7 Å². The van der Waals surface area contributed by atoms with Gasteiger partial charge in [0.2, 0.25) is 5.91 Å². The van der Waals surface area contributed by atoms with Crippen molar-refractivity contribution in [1.82, 2.24) is 9.88 Å². The number of alkyl halides is 3. The van der Waals surface area contributed by atoms with Crippen LogP contribution in [0.1, 0.15) is 61.1 Å². The number of rotatable bonds is 4. The normalized spacial score (nSPS) is 16.7. The van der Waals surface area contributed by atoms with Crippen molar-refractivity contribution < 1.29 is 27.9 Å². The van der Waals surface area contributed by atoms with Gasteiger partial charge in [-0.25, -0.2) is 4.79 Å². The maximum atomic E-state index is 12.6. The summed E-state index contributed by atoms with van der Waals surface area (Å²) in [6.45, 7) is 1.65. The monoisotopic (exact) mass is 489 g/mol. The van der Waals surface area contributed by atoms with Crippen LogP contribution in [-0.4, -0.2) is 46.1 Å². The summed E-state index contributed by atoms with van der Waals surface area (Å²) in [5.74, 6) is -2.05. The number of nitrogens with two attached hydrogens (primary N) is 1. The number of amides is 1. The molecule has 1 amide bonds. The van der Waals surface area contributed by atoms with Crippen molar-refractivity contribution in [1.29, 1.82) is 0 Å². The number of pyridine rings is 1. The fraction of sp³-hybridized carbons (Fsp3) is 0.423. The second kappa shape index (κ2) is 11.9. The predicted octanol–water partition coefficient (Wildman–Crippen LogP) is 5.20. The van der Waals surface area contributed by atoms with E-state index >= 15 is 0 Å². The highest BCUT2D eigenvalue weighted by molar-refractivity contribution is 5.79. The molecule has 0 unspecified atom stereocenters. The Kier molecular flexibility index (Phi) is 8.89. The molecule has 0 atom stereocenters. The fourth-order valence-corrected chi connectivity index (χ4v) is 4.44. The quantitative estimate of drug-likeness (QED) is 0.576. The van der Waals surface area contributed by atoms with Crippen LogP contribution in [0.25, 0.3) is 5.57 Å². The standard InChI is InChI=1S/C24H29N3O.C2HF3O2/c25-23-9-8-21(16-22(23)20-6-2-1-3-7-20)19-10-13-27(14-11-19)24(28)15-18-5-4-12-26-17-18;3-2(4,5)1(6)7/h4-6,8-9,12,16-17,19H,1-3,7,10-11,13-15,25H2;(H,6,7). The topological polar surface area (TPSA) is 96.5 Å². The summed E-state index contributed by atoms with van der Waals surface area (Å²) < 4.78 is 31.7. The van der Waals surface area contributed by atoms with Crippen molar-refractivity contribution in [2.24, 2.45) is 0 Å². The van der Waals surface area contributed by atoms with Gasteiger partial charge in [0.15, 0.2) is 0 Å². The number of carbonyl (C=O) groups excluding carboxylic acids is 1. The van der Waals surface area contributed by atoms with E-state index in [2.05, 4.69) is 29.3 Å². The van der Waals surface area contributed by atoms with Crippen molar-refractivity contribution in [2.45, 2.75) is 57.0 Å². The zero-order chi connectivity index (χ0) is 25.4. The number of hydrogen-bond donors (Lipinski definition) is 2. The van der Waals surface area contributed by atoms with Gasteiger partial charge in [0, 0.05) is 36.7 Å². The molecule has 1 aromatic heterocycles. The van der Waals surface area contributed by atoms with Crippen molar-refractivity contribution in [2.75, 3.05) is 18.8 Å². The van der Waals surface area contributed by atoms with Crippen molar-refractivity contribution >= 4 is 23.1 Å². The molecule has 1 fully saturated rings. The first-order valence-corrected chi connectivity index (χ1v) is 11.7. The van der Waals surface area contributed by atoms with Crippen LogP contribution in [0.15, 0.2) is 48.8 Å². The number of aliphatic carboxylic acids is 1. The summed E-state index contributed by atoms with van der Waals surface area (Å²) in [7, 11) is 0. The van der Waals surface area contributed by atoms with E-state index in [4.69, 9.17) is 15.6 Å². The van der Waals surface area contributed by atoms with E-state index < -0.39 is 12.1 Å². The molecule has 6 nitrogen and oxygen atoms in total. The number of nitrogen functional groups attached to an aromatic ring is 1. The number of aromatic nitrogens is 1. The Morgan fingerprint density at radius 3 is 2.43 bits per heavy atom. The highest BCUT2D eigenvalue weighted by atomic mass is 19.4. The molecule has 0 spiro atoms. The minimum atomic E-state index is -5.08. The Balaban J connectivity index is 0.000000429. The number of piperidine rings is 1. The molecule has 2 aliphatic rings. The van der Waals surface area contributed by atoms with Crippen molar-refractivity contribution in [3.8, 4) is 0 Å². The Bertz CT molecular complexity index is 1050. The number of nitrogens with zero attached hydrogens (tertiary/aromatic N) is 2. The average Bonchev–Trinajstić information content (AvgIpc) is 2.85. The van der Waals surface area contributed by atoms with E-state index in [1.807, 2.05) is 17.0 Å². The zero-order valence-corrected chi connectivity index (χ0v) is 19.4. The van der Waals surface area contributed by atoms with Gasteiger partial charge in [-0.1, -0.05) is 18.2 Å². The molecule has 0 bridgehead atoms. The molecule has 188 valence electrons. The van der Waals surface area contributed by atoms with Gasteiger partial charge in [-0.3, -0.25) is 9.78 Å². The molecule has 1 aliphatic carbocycles. The summed E-state index contributed by atoms with van der Waals surface area (Å²) in [5, 5.41) is 7.12. The summed E-state index contributed by atoms with van der Waals surface area (Å²) >= 11 is 0. The lowest BCUT2D eigenvalue weighted by atomic mass is 9.85. The lowest BCUT2D eigenvalue weighted by Gasteiger charge is -2.32. The van der Waals surface area contributed by atoms with Crippen LogP contribution >= 0.6 is 0 Å². The van der Waals surface area contributed by atoms with E-state index in [-0.39, 0.29) is 5.91 Å². The molecule has 0 saturated carbocycles. The van der Waals surface area contributed by atoms with Gasteiger partial charge in [-0.2, -0.15) is 13.2 Å². The molecule has 9 heteroatoms. The number of hydrogen-bond acceptors (Lipinski definition) is 4. The highest BCUT2D eigenvalue weighted by Crippen LogP contribution is 2.35. The van der Waals surface area contributed by atoms with Crippen molar-refractivity contribution in [3.63, 3.8) is 0 Å². The number of anilines is 1. The molecule has 4 rings (SSSR count). The first-order chi connectivity index (χ1) is 16.6. The minimum Gasteiger partial charge on any atom is -0.475 e. The van der Waals surface area contributed by atoms with Crippen LogP contribution in [0.4, 0.5) is 18.9 Å². The van der Waals surface area contributed by atoms with Gasteiger partial charge in [-0.05, 0) is 79.3 Å². The molecule has 2 aromatic rings. The van der Waals surface area contributed by atoms with Crippen LogP contribution in [0, 0.1) is 0 Å². The van der Waals surface area contributed by atoms with Gasteiger partial charge in [0.05, 0.1) is 6.42 Å². The van der Waals surface area contributed by atoms with E-state index in [0.29, 0.717) is 12.3 Å². The number of halogens is 3. The first-order valence-electron chi connectivity index (χ1n) is 11.7. The zero-order valence-electron chi connectivity index (χ0n) is 19.4. The smallest absolute Gasteiger partial charge is 0.475 e. The molecule has 1 saturated heterocycles. The summed E-state index contributed by atoms with van der Waals surface area (Å²) in [4.78, 5) is 27.6. The second-order valence-electron chi connectivity index (χ2n) is 8.82. The molecular formula is C26H30F3N3O3. The van der Waals surface area contributed by atoms with Gasteiger partial charge in [0.1, 0.15) is 0 Å². The Hall–Kier alpha value is -3.36. The first kappa shape index (κ1) is 26.2. The molecule has 3 N–H and O–H groups in total. The Labute approximate surface area is 202 Å². The Morgan fingerprint density at radius 2 is 1.86 bits per heavy atom. The Morgan fingerprint density at radius 1 is 1.14 bits per heavy atom. The highest BCUT2D eigenvalue weighted by Gasteiger charge is 2.38. The third-order valence-electron chi connectivity index (χ3n) is 6.35. The van der Waals surface area contributed by atoms with E-state index in [0.717, 1.165) is 50.0 Å². The maximum Gasteiger partial charge on any atom is 0.490 e. The molecule has 0 radical (unpaired) electrons. The minimum absolute atomic E-state index is 0.205. The van der Waals surface area contributed by atoms with Crippen LogP contribution in [-0.2, 0) is 16.0 Å². The molecular weight excluding hydrogens is 459 g/mol. The number of carboxylic acid groups (broad SMARTS) is 1. The molecule has 2 heterocycles. The lowest BCUT2D eigenvalue weighted by Crippen LogP contribution is -2.38. The second-order valence-corrected chi connectivity index (χ2v) is 8.82. The maximum absolute atomic E-state index is 12.6. The fourth-order valence-electron chi connectivity index (χ4n) is 4.44. The van der Waals surface area contributed by atoms with Crippen molar-refractivity contribution in [3.05, 3.63) is 65.5 Å². The number of benzene rings is 1. The largest absolute Gasteiger partial charge is 0.490 e. The summed E-state index contributed by atoms with van der Waals surface area (Å²) in [5.41, 5.74) is 12.2.